The molecular formula is C30H38N6O3. The number of likely N-dealkylation sites (tertiary alicyclic amines) is 1. The van der Waals surface area contributed by atoms with Crippen LogP contribution in [0.25, 0.3) is 10.9 Å². The summed E-state index contributed by atoms with van der Waals surface area (Å²) in [5.41, 5.74) is 4.79. The molecule has 0 saturated carbocycles. The molecule has 1 amide bonds. The Morgan fingerprint density at radius 3 is 2.67 bits per heavy atom. The van der Waals surface area contributed by atoms with Crippen LogP contribution in [-0.2, 0) is 20.1 Å². The number of ether oxygens (including phenoxy) is 1. The molecule has 1 saturated heterocycles. The van der Waals surface area contributed by atoms with Crippen molar-refractivity contribution in [2.75, 3.05) is 20.2 Å². The minimum atomic E-state index is -0.255. The molecule has 4 heterocycles. The third-order valence-electron chi connectivity index (χ3n) is 8.14. The fourth-order valence-corrected chi connectivity index (χ4v) is 6.11. The number of aromatic nitrogens is 4. The molecule has 3 aromatic heterocycles. The van der Waals surface area contributed by atoms with Gasteiger partial charge in [-0.15, -0.1) is 0 Å². The number of carbonyl (C=O) groups is 1. The van der Waals surface area contributed by atoms with Crippen molar-refractivity contribution in [1.82, 2.24) is 29.5 Å². The highest BCUT2D eigenvalue weighted by molar-refractivity contribution is 6.08. The number of hydrogen-bond donors (Lipinski definition) is 2. The number of aryl methyl sites for hydroxylation is 2. The van der Waals surface area contributed by atoms with Gasteiger partial charge in [0.15, 0.2) is 0 Å². The number of para-hydroxylation sites is 1. The Morgan fingerprint density at radius 2 is 1.97 bits per heavy atom. The Kier molecular flexibility index (Phi) is 7.61. The molecule has 1 aliphatic rings. The molecule has 4 aromatic rings. The third-order valence-corrected chi connectivity index (χ3v) is 8.14. The van der Waals surface area contributed by atoms with Gasteiger partial charge in [0, 0.05) is 53.7 Å². The number of nitrogens with zero attached hydrogens (tertiary/aromatic N) is 4. The lowest BCUT2D eigenvalue weighted by Crippen LogP contribution is -2.36. The number of nitrogens with one attached hydrogen (secondary N) is 2. The van der Waals surface area contributed by atoms with Gasteiger partial charge in [0.1, 0.15) is 5.75 Å². The summed E-state index contributed by atoms with van der Waals surface area (Å²) in [5, 5.41) is 8.21. The number of piperidine rings is 1. The van der Waals surface area contributed by atoms with E-state index < -0.39 is 0 Å². The maximum Gasteiger partial charge on any atom is 0.256 e. The van der Waals surface area contributed by atoms with E-state index in [2.05, 4.69) is 44.1 Å². The lowest BCUT2D eigenvalue weighted by molar-refractivity contribution is 0.0951. The van der Waals surface area contributed by atoms with E-state index in [4.69, 9.17) is 4.74 Å². The monoisotopic (exact) mass is 530 g/mol. The van der Waals surface area contributed by atoms with Gasteiger partial charge in [-0.1, -0.05) is 18.2 Å². The van der Waals surface area contributed by atoms with Crippen LogP contribution in [0.4, 0.5) is 0 Å². The zero-order chi connectivity index (χ0) is 27.7. The van der Waals surface area contributed by atoms with Gasteiger partial charge in [-0.05, 0) is 64.8 Å². The number of carbonyl (C=O) groups excluding carboxylic acids is 1. The van der Waals surface area contributed by atoms with Crippen LogP contribution in [0.3, 0.4) is 0 Å². The molecule has 0 aliphatic carbocycles. The summed E-state index contributed by atoms with van der Waals surface area (Å²) in [6.45, 7) is 9.21. The van der Waals surface area contributed by atoms with Gasteiger partial charge in [0.05, 0.1) is 31.0 Å². The van der Waals surface area contributed by atoms with Crippen molar-refractivity contribution in [3.8, 4) is 5.75 Å². The summed E-state index contributed by atoms with van der Waals surface area (Å²) in [7, 11) is 3.48. The van der Waals surface area contributed by atoms with Gasteiger partial charge in [-0.3, -0.25) is 19.2 Å². The topological polar surface area (TPSA) is 97.2 Å². The number of aromatic amines is 1. The maximum absolute atomic E-state index is 13.6. The molecule has 0 radical (unpaired) electrons. The Morgan fingerprint density at radius 1 is 1.23 bits per heavy atom. The van der Waals surface area contributed by atoms with Crippen molar-refractivity contribution >= 4 is 16.8 Å². The molecule has 1 fully saturated rings. The molecule has 9 nitrogen and oxygen atoms in total. The highest BCUT2D eigenvalue weighted by Gasteiger charge is 2.29. The average Bonchev–Trinajstić information content (AvgIpc) is 3.46. The van der Waals surface area contributed by atoms with Gasteiger partial charge in [-0.2, -0.15) is 5.10 Å². The zero-order valence-corrected chi connectivity index (χ0v) is 23.5. The van der Waals surface area contributed by atoms with Gasteiger partial charge in [0.2, 0.25) is 0 Å². The predicted molar refractivity (Wildman–Crippen MR) is 152 cm³/mol. The standard InChI is InChI=1S/C30H38N6O3/c1-19-14-27(39-5)25(29(37)33-19)16-31-30(38)28-21(3)36(26-9-7-6-8-24(26)28)20(2)23-10-12-35(13-11-23)18-22-15-32-34(4)17-22/h6-9,14-15,17,20,23H,10-13,16,18H2,1-5H3,(H,31,38)(H,33,37)/t20-/m1/s1. The average molecular weight is 531 g/mol. The van der Waals surface area contributed by atoms with Crippen molar-refractivity contribution in [2.24, 2.45) is 13.0 Å². The SMILES string of the molecule is COc1cc(C)[nH]c(=O)c1CNC(=O)c1c(C)n([C@H](C)C2CCN(Cc3cnn(C)c3)CC2)c2ccccc12. The van der Waals surface area contributed by atoms with Gasteiger partial charge < -0.3 is 19.6 Å². The molecule has 1 atom stereocenters. The molecule has 206 valence electrons. The smallest absolute Gasteiger partial charge is 0.256 e. The first-order chi connectivity index (χ1) is 18.8. The summed E-state index contributed by atoms with van der Waals surface area (Å²) in [6.07, 6.45) is 6.24. The van der Waals surface area contributed by atoms with Crippen molar-refractivity contribution < 1.29 is 9.53 Å². The number of methoxy groups -OCH3 is 1. The third kappa shape index (κ3) is 5.36. The fourth-order valence-electron chi connectivity index (χ4n) is 6.11. The predicted octanol–water partition coefficient (Wildman–Crippen LogP) is 4.09. The summed E-state index contributed by atoms with van der Waals surface area (Å²) in [5.74, 6) is 0.790. The molecule has 39 heavy (non-hydrogen) atoms. The molecule has 1 aliphatic heterocycles. The van der Waals surface area contributed by atoms with Crippen molar-refractivity contribution in [3.63, 3.8) is 0 Å². The number of pyridine rings is 1. The van der Waals surface area contributed by atoms with Crippen LogP contribution in [0.2, 0.25) is 0 Å². The molecule has 0 bridgehead atoms. The normalized spacial score (nSPS) is 15.5. The highest BCUT2D eigenvalue weighted by atomic mass is 16.5. The number of amides is 1. The van der Waals surface area contributed by atoms with Crippen LogP contribution in [0, 0.1) is 19.8 Å². The summed E-state index contributed by atoms with van der Waals surface area (Å²) in [4.78, 5) is 31.4. The summed E-state index contributed by atoms with van der Waals surface area (Å²) < 4.78 is 9.59. The largest absolute Gasteiger partial charge is 0.496 e. The van der Waals surface area contributed by atoms with E-state index in [1.807, 2.05) is 43.0 Å². The van der Waals surface area contributed by atoms with Gasteiger partial charge >= 0.3 is 0 Å². The van der Waals surface area contributed by atoms with E-state index in [1.165, 1.54) is 12.7 Å². The van der Waals surface area contributed by atoms with E-state index in [1.54, 1.807) is 13.0 Å². The molecule has 1 aromatic carbocycles. The maximum atomic E-state index is 13.6. The van der Waals surface area contributed by atoms with Crippen LogP contribution < -0.4 is 15.6 Å². The molecule has 2 N–H and O–H groups in total. The van der Waals surface area contributed by atoms with E-state index in [0.29, 0.717) is 28.5 Å². The number of benzene rings is 1. The van der Waals surface area contributed by atoms with Gasteiger partial charge in [-0.25, -0.2) is 0 Å². The van der Waals surface area contributed by atoms with Crippen molar-refractivity contribution in [2.45, 2.75) is 52.7 Å². The highest BCUT2D eigenvalue weighted by Crippen LogP contribution is 2.36. The van der Waals surface area contributed by atoms with E-state index >= 15 is 0 Å². The van der Waals surface area contributed by atoms with Crippen LogP contribution in [0.1, 0.15) is 58.7 Å². The zero-order valence-electron chi connectivity index (χ0n) is 23.5. The van der Waals surface area contributed by atoms with Gasteiger partial charge in [0.25, 0.3) is 11.5 Å². The second-order valence-electron chi connectivity index (χ2n) is 10.7. The van der Waals surface area contributed by atoms with E-state index in [9.17, 15) is 9.59 Å². The quantitative estimate of drug-likeness (QED) is 0.358. The van der Waals surface area contributed by atoms with E-state index in [-0.39, 0.29) is 24.1 Å². The number of fused-ring (bicyclic) bond motifs is 1. The van der Waals surface area contributed by atoms with E-state index in [0.717, 1.165) is 49.1 Å². The lowest BCUT2D eigenvalue weighted by Gasteiger charge is -2.36. The molecule has 0 spiro atoms. The Bertz CT molecular complexity index is 1540. The summed E-state index contributed by atoms with van der Waals surface area (Å²) >= 11 is 0. The van der Waals surface area contributed by atoms with Crippen LogP contribution in [0.5, 0.6) is 5.75 Å². The Hall–Kier alpha value is -3.85. The molecular weight excluding hydrogens is 492 g/mol. The van der Waals surface area contributed by atoms with Crippen LogP contribution >= 0.6 is 0 Å². The fraction of sp³-hybridized carbons (Fsp3) is 0.433. The minimum absolute atomic E-state index is 0.0848. The second kappa shape index (κ2) is 11.1. The lowest BCUT2D eigenvalue weighted by atomic mass is 9.89. The molecule has 9 heteroatoms. The van der Waals surface area contributed by atoms with Crippen LogP contribution in [0.15, 0.2) is 47.5 Å². The van der Waals surface area contributed by atoms with Crippen molar-refractivity contribution in [1.29, 1.82) is 0 Å². The van der Waals surface area contributed by atoms with Crippen molar-refractivity contribution in [3.05, 3.63) is 81.2 Å². The number of hydrogen-bond acceptors (Lipinski definition) is 5. The first kappa shape index (κ1) is 26.7. The Balaban J connectivity index is 1.35. The second-order valence-corrected chi connectivity index (χ2v) is 10.7. The van der Waals surface area contributed by atoms with Crippen LogP contribution in [-0.4, -0.2) is 50.3 Å². The molecule has 0 unspecified atom stereocenters. The number of rotatable bonds is 8. The molecule has 5 rings (SSSR count). The summed E-state index contributed by atoms with van der Waals surface area (Å²) in [6, 6.07) is 10.1. The Labute approximate surface area is 228 Å². The minimum Gasteiger partial charge on any atom is -0.496 e. The first-order valence-electron chi connectivity index (χ1n) is 13.6. The number of H-pyrrole nitrogens is 1. The first-order valence-corrected chi connectivity index (χ1v) is 13.6.